The van der Waals surface area contributed by atoms with Crippen LogP contribution in [0.3, 0.4) is 0 Å². The van der Waals surface area contributed by atoms with Crippen molar-refractivity contribution in [1.29, 1.82) is 0 Å². The molecule has 2 unspecified atom stereocenters. The normalized spacial score (nSPS) is 26.4. The van der Waals surface area contributed by atoms with E-state index < -0.39 is 5.79 Å². The second-order valence-corrected chi connectivity index (χ2v) is 4.74. The summed E-state index contributed by atoms with van der Waals surface area (Å²) in [6.45, 7) is 4.28. The number of hydrogen-bond donors (Lipinski definition) is 1. The molecule has 1 aromatic rings. The molecule has 1 aromatic carbocycles. The zero-order valence-electron chi connectivity index (χ0n) is 11.1. The van der Waals surface area contributed by atoms with Gasteiger partial charge in [-0.25, -0.2) is 0 Å². The van der Waals surface area contributed by atoms with Gasteiger partial charge in [0.1, 0.15) is 6.10 Å². The maximum Gasteiger partial charge on any atom is 0.169 e. The highest BCUT2D eigenvalue weighted by molar-refractivity contribution is 5.20. The van der Waals surface area contributed by atoms with Crippen molar-refractivity contribution in [1.82, 2.24) is 0 Å². The van der Waals surface area contributed by atoms with E-state index in [9.17, 15) is 5.11 Å². The topological polar surface area (TPSA) is 38.7 Å². The molecule has 3 nitrogen and oxygen atoms in total. The third kappa shape index (κ3) is 2.58. The van der Waals surface area contributed by atoms with E-state index in [0.29, 0.717) is 6.42 Å². The molecule has 2 rings (SSSR count). The molecule has 3 heteroatoms. The van der Waals surface area contributed by atoms with E-state index in [1.54, 1.807) is 0 Å². The van der Waals surface area contributed by atoms with E-state index in [4.69, 9.17) is 9.47 Å². The predicted octanol–water partition coefficient (Wildman–Crippen LogP) is 3.04. The summed E-state index contributed by atoms with van der Waals surface area (Å²) in [5, 5.41) is 9.17. The van der Waals surface area contributed by atoms with Crippen LogP contribution in [0.4, 0.5) is 0 Å². The van der Waals surface area contributed by atoms with Crippen LogP contribution >= 0.6 is 0 Å². The minimum atomic E-state index is -0.486. The van der Waals surface area contributed by atoms with Crippen molar-refractivity contribution >= 4 is 0 Å². The summed E-state index contributed by atoms with van der Waals surface area (Å²) in [6, 6.07) is 10.1. The summed E-state index contributed by atoms with van der Waals surface area (Å²) < 4.78 is 12.2. The molecule has 1 heterocycles. The Morgan fingerprint density at radius 3 is 2.33 bits per heavy atom. The van der Waals surface area contributed by atoms with Crippen molar-refractivity contribution in [2.24, 2.45) is 0 Å². The first kappa shape index (κ1) is 13.5. The molecule has 1 fully saturated rings. The molecule has 1 N–H and O–H groups in total. The lowest BCUT2D eigenvalue weighted by molar-refractivity contribution is -0.180. The van der Waals surface area contributed by atoms with Gasteiger partial charge in [-0.2, -0.15) is 0 Å². The van der Waals surface area contributed by atoms with Crippen LogP contribution in [-0.2, 0) is 9.47 Å². The molecule has 1 aliphatic heterocycles. The molecule has 0 spiro atoms. The molecule has 0 saturated carbocycles. The molecular formula is C15H22O3. The predicted molar refractivity (Wildman–Crippen MR) is 70.2 cm³/mol. The first-order valence-corrected chi connectivity index (χ1v) is 6.76. The van der Waals surface area contributed by atoms with E-state index in [1.165, 1.54) is 0 Å². The molecule has 1 saturated heterocycles. The fraction of sp³-hybridized carbons (Fsp3) is 0.600. The van der Waals surface area contributed by atoms with E-state index in [2.05, 4.69) is 26.0 Å². The van der Waals surface area contributed by atoms with Gasteiger partial charge < -0.3 is 14.6 Å². The van der Waals surface area contributed by atoms with Gasteiger partial charge in [-0.15, -0.1) is 0 Å². The van der Waals surface area contributed by atoms with Gasteiger partial charge in [0.05, 0.1) is 6.10 Å². The van der Waals surface area contributed by atoms with Crippen LogP contribution in [0.5, 0.6) is 0 Å². The van der Waals surface area contributed by atoms with Crippen molar-refractivity contribution < 1.29 is 14.6 Å². The summed E-state index contributed by atoms with van der Waals surface area (Å²) in [7, 11) is 0. The molecular weight excluding hydrogens is 228 g/mol. The van der Waals surface area contributed by atoms with Gasteiger partial charge in [0.15, 0.2) is 5.79 Å². The second kappa shape index (κ2) is 5.83. The molecule has 1 aliphatic rings. The third-order valence-electron chi connectivity index (χ3n) is 3.66. The maximum atomic E-state index is 9.17. The summed E-state index contributed by atoms with van der Waals surface area (Å²) in [6.07, 6.45) is 2.14. The minimum absolute atomic E-state index is 0.0581. The van der Waals surface area contributed by atoms with Gasteiger partial charge in [-0.05, 0) is 24.8 Å². The monoisotopic (exact) mass is 250 g/mol. The Labute approximate surface area is 109 Å². The Kier molecular flexibility index (Phi) is 4.38. The fourth-order valence-corrected chi connectivity index (χ4v) is 2.52. The molecule has 0 aliphatic carbocycles. The van der Waals surface area contributed by atoms with Gasteiger partial charge in [0.2, 0.25) is 0 Å². The summed E-state index contributed by atoms with van der Waals surface area (Å²) in [4.78, 5) is 0. The number of ether oxygens (including phenoxy) is 2. The maximum absolute atomic E-state index is 9.17. The first-order valence-electron chi connectivity index (χ1n) is 6.76. The Morgan fingerprint density at radius 1 is 1.11 bits per heavy atom. The zero-order valence-corrected chi connectivity index (χ0v) is 11.1. The molecule has 2 atom stereocenters. The molecule has 18 heavy (non-hydrogen) atoms. The standard InChI is InChI=1S/C15H22O3/c1-3-15(4-2)17-13(10-11-16)14(18-15)12-8-6-5-7-9-12/h5-9,13-14,16H,3-4,10-11H2,1-2H3. The average Bonchev–Trinajstić information content (AvgIpc) is 2.80. The van der Waals surface area contributed by atoms with Gasteiger partial charge in [-0.1, -0.05) is 44.2 Å². The van der Waals surface area contributed by atoms with Crippen LogP contribution < -0.4 is 0 Å². The smallest absolute Gasteiger partial charge is 0.169 e. The highest BCUT2D eigenvalue weighted by Gasteiger charge is 2.45. The average molecular weight is 250 g/mol. The Bertz CT molecular complexity index is 359. The minimum Gasteiger partial charge on any atom is -0.396 e. The third-order valence-corrected chi connectivity index (χ3v) is 3.66. The van der Waals surface area contributed by atoms with Crippen molar-refractivity contribution in [3.8, 4) is 0 Å². The van der Waals surface area contributed by atoms with Crippen molar-refractivity contribution in [2.45, 2.75) is 51.1 Å². The lowest BCUT2D eigenvalue weighted by Crippen LogP contribution is -2.29. The Morgan fingerprint density at radius 2 is 1.78 bits per heavy atom. The fourth-order valence-electron chi connectivity index (χ4n) is 2.52. The zero-order chi connectivity index (χ0) is 13.0. The number of rotatable bonds is 5. The van der Waals surface area contributed by atoms with Gasteiger partial charge >= 0.3 is 0 Å². The molecule has 0 amide bonds. The summed E-state index contributed by atoms with van der Waals surface area (Å²) in [5.41, 5.74) is 1.12. The number of benzene rings is 1. The van der Waals surface area contributed by atoms with E-state index in [-0.39, 0.29) is 18.8 Å². The van der Waals surface area contributed by atoms with Crippen LogP contribution in [0.2, 0.25) is 0 Å². The van der Waals surface area contributed by atoms with Crippen LogP contribution in [-0.4, -0.2) is 23.6 Å². The summed E-state index contributed by atoms with van der Waals surface area (Å²) >= 11 is 0. The van der Waals surface area contributed by atoms with Crippen LogP contribution in [0, 0.1) is 0 Å². The molecule has 100 valence electrons. The van der Waals surface area contributed by atoms with Gasteiger partial charge in [-0.3, -0.25) is 0 Å². The highest BCUT2D eigenvalue weighted by atomic mass is 16.8. The van der Waals surface area contributed by atoms with Crippen molar-refractivity contribution in [2.75, 3.05) is 6.61 Å². The van der Waals surface area contributed by atoms with E-state index in [1.807, 2.05) is 18.2 Å². The first-order chi connectivity index (χ1) is 8.74. The second-order valence-electron chi connectivity index (χ2n) is 4.74. The number of aliphatic hydroxyl groups is 1. The Hall–Kier alpha value is -0.900. The summed E-state index contributed by atoms with van der Waals surface area (Å²) in [5.74, 6) is -0.486. The number of hydrogen-bond acceptors (Lipinski definition) is 3. The van der Waals surface area contributed by atoms with Crippen LogP contribution in [0.15, 0.2) is 30.3 Å². The lowest BCUT2D eigenvalue weighted by atomic mass is 10.0. The molecule has 0 bridgehead atoms. The van der Waals surface area contributed by atoms with Gasteiger partial charge in [0.25, 0.3) is 0 Å². The largest absolute Gasteiger partial charge is 0.396 e. The molecule has 0 radical (unpaired) electrons. The van der Waals surface area contributed by atoms with Crippen LogP contribution in [0.25, 0.3) is 0 Å². The van der Waals surface area contributed by atoms with E-state index in [0.717, 1.165) is 18.4 Å². The number of aliphatic hydroxyl groups excluding tert-OH is 1. The quantitative estimate of drug-likeness (QED) is 0.873. The molecule has 0 aromatic heterocycles. The SMILES string of the molecule is CCC1(CC)OC(CCO)C(c2ccccc2)O1. The van der Waals surface area contributed by atoms with Gasteiger partial charge in [0, 0.05) is 6.61 Å². The van der Waals surface area contributed by atoms with E-state index >= 15 is 0 Å². The lowest BCUT2D eigenvalue weighted by Gasteiger charge is -2.25. The van der Waals surface area contributed by atoms with Crippen LogP contribution in [0.1, 0.15) is 44.8 Å². The van der Waals surface area contributed by atoms with Crippen molar-refractivity contribution in [3.63, 3.8) is 0 Å². The highest BCUT2D eigenvalue weighted by Crippen LogP contribution is 2.43. The van der Waals surface area contributed by atoms with Crippen molar-refractivity contribution in [3.05, 3.63) is 35.9 Å². The Balaban J connectivity index is 2.22.